The van der Waals surface area contributed by atoms with E-state index in [0.717, 1.165) is 25.8 Å². The zero-order valence-electron chi connectivity index (χ0n) is 17.6. The van der Waals surface area contributed by atoms with Crippen LogP contribution in [-0.2, 0) is 0 Å². The van der Waals surface area contributed by atoms with E-state index in [1.165, 1.54) is 4.90 Å². The predicted octanol–water partition coefficient (Wildman–Crippen LogP) is 3.62. The molecule has 8 heteroatoms. The van der Waals surface area contributed by atoms with Gasteiger partial charge in [-0.15, -0.1) is 0 Å². The van der Waals surface area contributed by atoms with E-state index in [4.69, 9.17) is 5.73 Å². The predicted molar refractivity (Wildman–Crippen MR) is 121 cm³/mol. The number of carbonyl (C=O) groups excluding carboxylic acids is 3. The minimum atomic E-state index is -0.500. The summed E-state index contributed by atoms with van der Waals surface area (Å²) in [5, 5.41) is 0. The maximum Gasteiger partial charge on any atom is 0.261 e. The van der Waals surface area contributed by atoms with Crippen molar-refractivity contribution in [3.63, 3.8) is 0 Å². The third-order valence-corrected chi connectivity index (χ3v) is 6.64. The van der Waals surface area contributed by atoms with Crippen molar-refractivity contribution in [2.24, 2.45) is 11.7 Å². The number of anilines is 1. The number of aromatic nitrogens is 1. The molecule has 3 heterocycles. The second kappa shape index (κ2) is 8.07. The van der Waals surface area contributed by atoms with E-state index < -0.39 is 5.91 Å². The first-order valence-electron chi connectivity index (χ1n) is 10.4. The van der Waals surface area contributed by atoms with Gasteiger partial charge in [-0.3, -0.25) is 19.3 Å². The molecule has 0 aliphatic carbocycles. The molecule has 2 aromatic rings. The molecule has 0 spiro atoms. The molecule has 0 radical (unpaired) electrons. The second-order valence-electron chi connectivity index (χ2n) is 8.81. The molecular formula is C23H25BrN4O3. The fourth-order valence-electron chi connectivity index (χ4n) is 4.76. The number of hydrogen-bond donors (Lipinski definition) is 1. The van der Waals surface area contributed by atoms with Gasteiger partial charge in [0.15, 0.2) is 0 Å². The molecule has 1 saturated heterocycles. The van der Waals surface area contributed by atoms with Gasteiger partial charge in [0, 0.05) is 18.6 Å². The minimum Gasteiger partial charge on any atom is -0.365 e. The Labute approximate surface area is 189 Å². The maximum atomic E-state index is 12.5. The molecule has 3 amide bonds. The summed E-state index contributed by atoms with van der Waals surface area (Å²) in [5.74, 6) is 0.0260. The van der Waals surface area contributed by atoms with Crippen LogP contribution in [-0.4, -0.2) is 46.2 Å². The Balaban J connectivity index is 1.42. The molecule has 0 saturated carbocycles. The van der Waals surface area contributed by atoms with Crippen LogP contribution in [0, 0.1) is 5.92 Å². The van der Waals surface area contributed by atoms with E-state index in [-0.39, 0.29) is 17.4 Å². The number of primary amides is 1. The van der Waals surface area contributed by atoms with Crippen LogP contribution in [0.2, 0.25) is 0 Å². The van der Waals surface area contributed by atoms with E-state index in [9.17, 15) is 14.4 Å². The number of nitrogens with zero attached hydrogens (tertiary/aromatic N) is 3. The number of nitrogens with two attached hydrogens (primary N) is 1. The number of benzene rings is 1. The Hall–Kier alpha value is -2.74. The number of pyridine rings is 1. The van der Waals surface area contributed by atoms with Crippen LogP contribution in [0.25, 0.3) is 0 Å². The number of amides is 3. The quantitative estimate of drug-likeness (QED) is 0.498. The molecule has 7 nitrogen and oxygen atoms in total. The first kappa shape index (κ1) is 21.5. The van der Waals surface area contributed by atoms with Crippen molar-refractivity contribution in [3.8, 4) is 0 Å². The van der Waals surface area contributed by atoms with Crippen LogP contribution >= 0.6 is 15.9 Å². The van der Waals surface area contributed by atoms with Crippen molar-refractivity contribution >= 4 is 39.5 Å². The monoisotopic (exact) mass is 484 g/mol. The maximum absolute atomic E-state index is 12.5. The molecular weight excluding hydrogens is 460 g/mol. The zero-order chi connectivity index (χ0) is 22.3. The highest BCUT2D eigenvalue weighted by molar-refractivity contribution is 9.10. The average molecular weight is 485 g/mol. The number of imide groups is 1. The van der Waals surface area contributed by atoms with Crippen LogP contribution in [0.3, 0.4) is 0 Å². The largest absolute Gasteiger partial charge is 0.365 e. The molecule has 2 N–H and O–H groups in total. The van der Waals surface area contributed by atoms with Gasteiger partial charge in [-0.2, -0.15) is 0 Å². The highest BCUT2D eigenvalue weighted by atomic mass is 79.9. The molecule has 0 bridgehead atoms. The van der Waals surface area contributed by atoms with E-state index in [1.54, 1.807) is 36.4 Å². The van der Waals surface area contributed by atoms with Gasteiger partial charge in [0.1, 0.15) is 10.4 Å². The topological polar surface area (TPSA) is 96.6 Å². The van der Waals surface area contributed by atoms with E-state index in [1.807, 2.05) is 0 Å². The Morgan fingerprint density at radius 3 is 2.42 bits per heavy atom. The van der Waals surface area contributed by atoms with Gasteiger partial charge in [-0.1, -0.05) is 12.1 Å². The third-order valence-electron chi connectivity index (χ3n) is 6.19. The fraction of sp³-hybridized carbons (Fsp3) is 0.391. The lowest BCUT2D eigenvalue weighted by Crippen LogP contribution is -2.40. The van der Waals surface area contributed by atoms with Crippen LogP contribution in [0.15, 0.2) is 41.0 Å². The molecule has 4 rings (SSSR count). The summed E-state index contributed by atoms with van der Waals surface area (Å²) in [4.78, 5) is 45.1. The van der Waals surface area contributed by atoms with Gasteiger partial charge < -0.3 is 10.6 Å². The van der Waals surface area contributed by atoms with Gasteiger partial charge in [-0.25, -0.2) is 4.98 Å². The number of carbonyl (C=O) groups is 3. The Bertz CT molecular complexity index is 1030. The van der Waals surface area contributed by atoms with Gasteiger partial charge in [0.25, 0.3) is 17.7 Å². The fourth-order valence-corrected chi connectivity index (χ4v) is 5.06. The summed E-state index contributed by atoms with van der Waals surface area (Å²) in [6.07, 6.45) is 2.52. The smallest absolute Gasteiger partial charge is 0.261 e. The molecule has 31 heavy (non-hydrogen) atoms. The van der Waals surface area contributed by atoms with Gasteiger partial charge in [0.05, 0.1) is 16.7 Å². The third kappa shape index (κ3) is 3.96. The average Bonchev–Trinajstić information content (AvgIpc) is 3.15. The molecule has 2 aliphatic heterocycles. The molecule has 2 aliphatic rings. The van der Waals surface area contributed by atoms with Gasteiger partial charge in [0.2, 0.25) is 0 Å². The first-order valence-corrected chi connectivity index (χ1v) is 11.2. The zero-order valence-corrected chi connectivity index (χ0v) is 19.2. The van der Waals surface area contributed by atoms with Crippen LogP contribution < -0.4 is 10.6 Å². The van der Waals surface area contributed by atoms with Crippen LogP contribution in [0.5, 0.6) is 0 Å². The Morgan fingerprint density at radius 2 is 1.81 bits per heavy atom. The van der Waals surface area contributed by atoms with Gasteiger partial charge >= 0.3 is 0 Å². The van der Waals surface area contributed by atoms with Crippen molar-refractivity contribution in [2.45, 2.75) is 38.6 Å². The molecule has 1 fully saturated rings. The number of fused-ring (bicyclic) bond motifs is 1. The Morgan fingerprint density at radius 1 is 1.16 bits per heavy atom. The van der Waals surface area contributed by atoms with Gasteiger partial charge in [-0.05, 0) is 79.2 Å². The summed E-state index contributed by atoms with van der Waals surface area (Å²) in [6, 6.07) is 10.4. The number of rotatable bonds is 6. The lowest BCUT2D eigenvalue weighted by molar-refractivity contribution is 0.0649. The number of hydrogen-bond acceptors (Lipinski definition) is 5. The van der Waals surface area contributed by atoms with Crippen molar-refractivity contribution in [1.82, 2.24) is 9.88 Å². The number of halogens is 1. The van der Waals surface area contributed by atoms with Crippen molar-refractivity contribution in [1.29, 1.82) is 0 Å². The molecule has 162 valence electrons. The van der Waals surface area contributed by atoms with Crippen LogP contribution in [0.4, 0.5) is 5.82 Å². The second-order valence-corrected chi connectivity index (χ2v) is 9.62. The molecule has 1 atom stereocenters. The summed E-state index contributed by atoms with van der Waals surface area (Å²) in [5.41, 5.74) is 6.76. The van der Waals surface area contributed by atoms with Crippen molar-refractivity contribution in [2.75, 3.05) is 18.0 Å². The minimum absolute atomic E-state index is 0.196. The summed E-state index contributed by atoms with van der Waals surface area (Å²) >= 11 is 3.39. The summed E-state index contributed by atoms with van der Waals surface area (Å²) in [7, 11) is 0. The highest BCUT2D eigenvalue weighted by Crippen LogP contribution is 2.39. The standard InChI is InChI=1S/C23H25BrN4O3/c1-23(2)12-14(13-28(23)20-17(19(25)29)9-10-18(24)26-20)6-5-11-27-21(30)15-7-3-4-8-16(15)22(27)31/h3-4,7-10,14H,5-6,11-13H2,1-2H3,(H2,25,29)/t14-/m0/s1. The Kier molecular flexibility index (Phi) is 5.60. The normalized spacial score (nSPS) is 19.8. The lowest BCUT2D eigenvalue weighted by atomic mass is 9.93. The van der Waals surface area contributed by atoms with E-state index in [0.29, 0.717) is 39.6 Å². The van der Waals surface area contributed by atoms with E-state index >= 15 is 0 Å². The molecule has 0 unspecified atom stereocenters. The van der Waals surface area contributed by atoms with Crippen molar-refractivity contribution < 1.29 is 14.4 Å². The summed E-state index contributed by atoms with van der Waals surface area (Å²) in [6.45, 7) is 5.40. The highest BCUT2D eigenvalue weighted by Gasteiger charge is 2.41. The molecule has 1 aromatic heterocycles. The van der Waals surface area contributed by atoms with E-state index in [2.05, 4.69) is 39.7 Å². The molecule has 1 aromatic carbocycles. The summed E-state index contributed by atoms with van der Waals surface area (Å²) < 4.78 is 0.650. The van der Waals surface area contributed by atoms with Crippen LogP contribution in [0.1, 0.15) is 64.2 Å². The SMILES string of the molecule is CC1(C)C[C@H](CCCN2C(=O)c3ccccc3C2=O)CN1c1nc(Br)ccc1C(N)=O. The van der Waals surface area contributed by atoms with Crippen molar-refractivity contribution in [3.05, 3.63) is 57.7 Å². The lowest BCUT2D eigenvalue weighted by Gasteiger charge is -2.33. The first-order chi connectivity index (χ1) is 14.7.